The van der Waals surface area contributed by atoms with Gasteiger partial charge in [-0.25, -0.2) is 4.98 Å². The number of H-pyrrole nitrogens is 1. The number of hydrogen-bond acceptors (Lipinski definition) is 6. The molecular weight excluding hydrogens is 525 g/mol. The highest BCUT2D eigenvalue weighted by Gasteiger charge is 2.19. The molecule has 0 radical (unpaired) electrons. The summed E-state index contributed by atoms with van der Waals surface area (Å²) in [5.74, 6) is 2.76. The molecule has 1 aliphatic carbocycles. The molecule has 2 fully saturated rings. The summed E-state index contributed by atoms with van der Waals surface area (Å²) in [6, 6.07) is 7.21. The highest BCUT2D eigenvalue weighted by Crippen LogP contribution is 2.37. The number of carbonyl (C=O) groups is 1. The molecule has 2 aromatic heterocycles. The third kappa shape index (κ3) is 7.04. The molecule has 202 valence electrons. The van der Waals surface area contributed by atoms with E-state index in [-0.39, 0.29) is 5.82 Å². The molecule has 8 nitrogen and oxygen atoms in total. The lowest BCUT2D eigenvalue weighted by molar-refractivity contribution is 0.0593. The first-order chi connectivity index (χ1) is 18.5. The van der Waals surface area contributed by atoms with E-state index in [4.69, 9.17) is 32.7 Å². The highest BCUT2D eigenvalue weighted by atomic mass is 35.5. The highest BCUT2D eigenvalue weighted by molar-refractivity contribution is 6.36. The molecule has 2 aliphatic rings. The fourth-order valence-electron chi connectivity index (χ4n) is 5.22. The van der Waals surface area contributed by atoms with E-state index >= 15 is 0 Å². The van der Waals surface area contributed by atoms with Crippen LogP contribution in [0.4, 0.5) is 5.82 Å². The predicted molar refractivity (Wildman–Crippen MR) is 148 cm³/mol. The predicted octanol–water partition coefficient (Wildman–Crippen LogP) is 6.74. The Bertz CT molecular complexity index is 1240. The first-order valence-electron chi connectivity index (χ1n) is 13.4. The van der Waals surface area contributed by atoms with Gasteiger partial charge in [0.2, 0.25) is 5.82 Å². The van der Waals surface area contributed by atoms with Crippen LogP contribution in [0.1, 0.15) is 67.8 Å². The lowest BCUT2D eigenvalue weighted by atomic mass is 9.87. The minimum Gasteiger partial charge on any atom is -0.494 e. The summed E-state index contributed by atoms with van der Waals surface area (Å²) in [5.41, 5.74) is 1.35. The van der Waals surface area contributed by atoms with Crippen molar-refractivity contribution in [3.63, 3.8) is 0 Å². The Morgan fingerprint density at radius 3 is 2.61 bits per heavy atom. The lowest BCUT2D eigenvalue weighted by Gasteiger charge is -2.22. The number of amides is 1. The fraction of sp³-hybridized carbons (Fsp3) is 0.500. The maximum Gasteiger partial charge on any atom is 0.294 e. The van der Waals surface area contributed by atoms with Gasteiger partial charge in [0.15, 0.2) is 0 Å². The van der Waals surface area contributed by atoms with Gasteiger partial charge < -0.3 is 19.8 Å². The van der Waals surface area contributed by atoms with Crippen LogP contribution < -0.4 is 10.1 Å². The van der Waals surface area contributed by atoms with E-state index < -0.39 is 5.91 Å². The average Bonchev–Trinajstić information content (AvgIpc) is 3.41. The number of rotatable bonds is 9. The zero-order chi connectivity index (χ0) is 26.3. The molecule has 3 aromatic rings. The van der Waals surface area contributed by atoms with Gasteiger partial charge in [-0.05, 0) is 55.4 Å². The van der Waals surface area contributed by atoms with Crippen LogP contribution in [0, 0.1) is 11.8 Å². The van der Waals surface area contributed by atoms with Crippen LogP contribution in [-0.4, -0.2) is 45.9 Å². The second-order valence-corrected chi connectivity index (χ2v) is 11.0. The van der Waals surface area contributed by atoms with Gasteiger partial charge in [-0.2, -0.15) is 0 Å². The van der Waals surface area contributed by atoms with Crippen LogP contribution in [0.5, 0.6) is 5.75 Å². The van der Waals surface area contributed by atoms with E-state index in [1.165, 1.54) is 38.3 Å². The monoisotopic (exact) mass is 557 g/mol. The molecule has 0 unspecified atom stereocenters. The zero-order valence-corrected chi connectivity index (χ0v) is 22.9. The maximum atomic E-state index is 12.9. The van der Waals surface area contributed by atoms with Gasteiger partial charge in [-0.1, -0.05) is 55.3 Å². The third-order valence-electron chi connectivity index (χ3n) is 7.42. The number of anilines is 1. The number of aromatic amines is 1. The number of carbonyl (C=O) groups excluding carboxylic acids is 1. The molecule has 5 rings (SSSR count). The molecule has 1 aliphatic heterocycles. The van der Waals surface area contributed by atoms with E-state index in [1.807, 2.05) is 12.1 Å². The molecular formula is C28H33Cl2N5O3. The first kappa shape index (κ1) is 26.9. The number of benzene rings is 1. The smallest absolute Gasteiger partial charge is 0.294 e. The van der Waals surface area contributed by atoms with Crippen LogP contribution in [0.2, 0.25) is 10.0 Å². The number of nitrogens with one attached hydrogen (secondary N) is 2. The van der Waals surface area contributed by atoms with E-state index in [2.05, 4.69) is 25.5 Å². The molecule has 3 heterocycles. The number of ether oxygens (including phenoxy) is 2. The van der Waals surface area contributed by atoms with Gasteiger partial charge in [0.1, 0.15) is 17.4 Å². The zero-order valence-electron chi connectivity index (χ0n) is 21.3. The van der Waals surface area contributed by atoms with Gasteiger partial charge >= 0.3 is 0 Å². The molecule has 1 aromatic carbocycles. The van der Waals surface area contributed by atoms with Crippen molar-refractivity contribution in [1.29, 1.82) is 0 Å². The van der Waals surface area contributed by atoms with E-state index in [9.17, 15) is 4.79 Å². The summed E-state index contributed by atoms with van der Waals surface area (Å²) >= 11 is 13.0. The van der Waals surface area contributed by atoms with Crippen LogP contribution in [0.15, 0.2) is 30.5 Å². The standard InChI is InChI=1S/C28H33Cl2N5O3/c29-23-7-6-20(38-13-10-18-8-11-37-12-9-18)15-21(23)22-16-25(31-17-24(22)30)33-28(36)27-32-26(34-35-27)14-19-4-2-1-3-5-19/h6-7,15-19H,1-5,8-14H2,(H,31,33,36)(H,32,34,35). The molecule has 2 N–H and O–H groups in total. The molecule has 0 atom stereocenters. The summed E-state index contributed by atoms with van der Waals surface area (Å²) in [6.07, 6.45) is 11.7. The van der Waals surface area contributed by atoms with E-state index in [0.717, 1.165) is 44.7 Å². The van der Waals surface area contributed by atoms with Crippen molar-refractivity contribution in [2.24, 2.45) is 11.8 Å². The van der Waals surface area contributed by atoms with Gasteiger partial charge in [-0.15, -0.1) is 10.2 Å². The van der Waals surface area contributed by atoms with Gasteiger partial charge in [0.05, 0.1) is 11.6 Å². The topological polar surface area (TPSA) is 102 Å². The summed E-state index contributed by atoms with van der Waals surface area (Å²) < 4.78 is 11.5. The maximum absolute atomic E-state index is 12.9. The van der Waals surface area contributed by atoms with Crippen molar-refractivity contribution in [3.05, 3.63) is 52.2 Å². The molecule has 0 spiro atoms. The van der Waals surface area contributed by atoms with Gasteiger partial charge in [0, 0.05) is 42.0 Å². The SMILES string of the molecule is O=C(Nc1cc(-c2cc(OCCC3CCOCC3)ccc2Cl)c(Cl)cn1)c1nnc(CC2CCCCC2)[nH]1. The molecule has 1 saturated heterocycles. The number of nitrogens with zero attached hydrogens (tertiary/aromatic N) is 3. The summed E-state index contributed by atoms with van der Waals surface area (Å²) in [7, 11) is 0. The average molecular weight is 559 g/mol. The Morgan fingerprint density at radius 2 is 1.79 bits per heavy atom. The molecule has 0 bridgehead atoms. The molecule has 38 heavy (non-hydrogen) atoms. The van der Waals surface area contributed by atoms with Gasteiger partial charge in [0.25, 0.3) is 5.91 Å². The first-order valence-corrected chi connectivity index (χ1v) is 14.2. The second kappa shape index (κ2) is 12.9. The number of pyridine rings is 1. The number of hydrogen-bond donors (Lipinski definition) is 2. The number of aromatic nitrogens is 4. The van der Waals surface area contributed by atoms with E-state index in [0.29, 0.717) is 51.2 Å². The molecule has 1 saturated carbocycles. The van der Waals surface area contributed by atoms with Crippen molar-refractivity contribution in [2.75, 3.05) is 25.1 Å². The quantitative estimate of drug-likeness (QED) is 0.302. The van der Waals surface area contributed by atoms with E-state index in [1.54, 1.807) is 12.1 Å². The van der Waals surface area contributed by atoms with Crippen LogP contribution >= 0.6 is 23.2 Å². The summed E-state index contributed by atoms with van der Waals surface area (Å²) in [5, 5.41) is 12.0. The van der Waals surface area contributed by atoms with Crippen molar-refractivity contribution in [1.82, 2.24) is 20.2 Å². The van der Waals surface area contributed by atoms with Crippen LogP contribution in [0.3, 0.4) is 0 Å². The third-order valence-corrected chi connectivity index (χ3v) is 8.05. The van der Waals surface area contributed by atoms with Crippen molar-refractivity contribution in [3.8, 4) is 16.9 Å². The summed E-state index contributed by atoms with van der Waals surface area (Å²) in [6.45, 7) is 2.28. The Kier molecular flexibility index (Phi) is 9.14. The summed E-state index contributed by atoms with van der Waals surface area (Å²) in [4.78, 5) is 20.2. The minimum atomic E-state index is -0.413. The van der Waals surface area contributed by atoms with Crippen LogP contribution in [-0.2, 0) is 11.2 Å². The minimum absolute atomic E-state index is 0.159. The Hall–Kier alpha value is -2.68. The molecule has 1 amide bonds. The van der Waals surface area contributed by atoms with Crippen molar-refractivity contribution < 1.29 is 14.3 Å². The molecule has 10 heteroatoms. The Balaban J connectivity index is 1.24. The largest absolute Gasteiger partial charge is 0.494 e. The van der Waals surface area contributed by atoms with Gasteiger partial charge in [-0.3, -0.25) is 4.79 Å². The number of halogens is 2. The Labute approximate surface area is 232 Å². The normalized spacial score (nSPS) is 16.9. The lowest BCUT2D eigenvalue weighted by Crippen LogP contribution is -2.17. The van der Waals surface area contributed by atoms with Crippen molar-refractivity contribution in [2.45, 2.75) is 57.8 Å². The van der Waals surface area contributed by atoms with Crippen molar-refractivity contribution >= 4 is 34.9 Å². The van der Waals surface area contributed by atoms with Crippen LogP contribution in [0.25, 0.3) is 11.1 Å². The fourth-order valence-corrected chi connectivity index (χ4v) is 5.65. The second-order valence-electron chi connectivity index (χ2n) is 10.2. The Morgan fingerprint density at radius 1 is 1.00 bits per heavy atom.